The number of ether oxygens (including phenoxy) is 1. The van der Waals surface area contributed by atoms with Crippen LogP contribution in [0.4, 0.5) is 29.3 Å². The number of hydrazine groups is 1. The Bertz CT molecular complexity index is 1220. The molecule has 1 aromatic heterocycles. The van der Waals surface area contributed by atoms with Gasteiger partial charge in [0.15, 0.2) is 5.76 Å². The third-order valence-electron chi connectivity index (χ3n) is 6.58. The van der Waals surface area contributed by atoms with Crippen LogP contribution in [0.15, 0.2) is 59.1 Å². The summed E-state index contributed by atoms with van der Waals surface area (Å²) in [4.78, 5) is 15.2. The zero-order valence-corrected chi connectivity index (χ0v) is 19.9. The Labute approximate surface area is 211 Å². The molecule has 5 rings (SSSR count). The van der Waals surface area contributed by atoms with Crippen LogP contribution >= 0.6 is 0 Å². The van der Waals surface area contributed by atoms with E-state index in [0.717, 1.165) is 25.7 Å². The number of nitrogens with zero attached hydrogens (tertiary/aromatic N) is 3. The van der Waals surface area contributed by atoms with Crippen LogP contribution < -0.4 is 15.1 Å². The molecule has 37 heavy (non-hydrogen) atoms. The minimum Gasteiger partial charge on any atom is -0.405 e. The van der Waals surface area contributed by atoms with Crippen molar-refractivity contribution in [2.45, 2.75) is 38.0 Å². The van der Waals surface area contributed by atoms with Crippen LogP contribution in [0.5, 0.6) is 5.75 Å². The second-order valence-electron chi connectivity index (χ2n) is 9.26. The summed E-state index contributed by atoms with van der Waals surface area (Å²) < 4.78 is 49.5. The summed E-state index contributed by atoms with van der Waals surface area (Å²) in [6.45, 7) is 1.23. The molecule has 11 heteroatoms. The molecule has 2 heterocycles. The first-order valence-electron chi connectivity index (χ1n) is 12.2. The number of urea groups is 1. The minimum absolute atomic E-state index is 0.00579. The first-order valence-corrected chi connectivity index (χ1v) is 12.2. The molecule has 2 N–H and O–H groups in total. The largest absolute Gasteiger partial charge is 0.573 e. The molecule has 8 nitrogen and oxygen atoms in total. The van der Waals surface area contributed by atoms with Gasteiger partial charge < -0.3 is 14.4 Å². The molecule has 1 saturated carbocycles. The number of hydrogen-bond donors (Lipinski definition) is 2. The first kappa shape index (κ1) is 25.1. The Morgan fingerprint density at radius 2 is 1.76 bits per heavy atom. The quantitative estimate of drug-likeness (QED) is 0.426. The molecule has 196 valence electrons. The van der Waals surface area contributed by atoms with Gasteiger partial charge in [0, 0.05) is 31.2 Å². The van der Waals surface area contributed by atoms with Crippen molar-refractivity contribution >= 4 is 17.4 Å². The zero-order valence-electron chi connectivity index (χ0n) is 19.9. The van der Waals surface area contributed by atoms with Gasteiger partial charge in [0.25, 0.3) is 0 Å². The van der Waals surface area contributed by atoms with E-state index in [9.17, 15) is 23.1 Å². The number of piperidine rings is 1. The monoisotopic (exact) mass is 516 g/mol. The summed E-state index contributed by atoms with van der Waals surface area (Å²) in [5, 5.41) is 15.4. The number of aromatic nitrogens is 1. The van der Waals surface area contributed by atoms with Crippen LogP contribution in [0.1, 0.15) is 37.4 Å². The first-order chi connectivity index (χ1) is 17.8. The van der Waals surface area contributed by atoms with E-state index in [2.05, 4.69) is 15.3 Å². The Morgan fingerprint density at radius 1 is 1.08 bits per heavy atom. The normalized spacial score (nSPS) is 17.0. The Kier molecular flexibility index (Phi) is 7.07. The van der Waals surface area contributed by atoms with E-state index in [1.165, 1.54) is 23.1 Å². The van der Waals surface area contributed by atoms with Crippen molar-refractivity contribution in [1.82, 2.24) is 15.6 Å². The van der Waals surface area contributed by atoms with Gasteiger partial charge in [-0.1, -0.05) is 35.5 Å². The molecule has 2 aliphatic rings. The molecule has 1 aliphatic carbocycles. The second kappa shape index (κ2) is 10.4. The fraction of sp³-hybridized carbons (Fsp3) is 0.385. The van der Waals surface area contributed by atoms with Crippen LogP contribution in [0, 0.1) is 5.92 Å². The van der Waals surface area contributed by atoms with Gasteiger partial charge in [-0.25, -0.2) is 9.80 Å². The number of benzene rings is 2. The summed E-state index contributed by atoms with van der Waals surface area (Å²) in [6, 6.07) is 14.0. The average molecular weight is 517 g/mol. The van der Waals surface area contributed by atoms with Gasteiger partial charge in [0.05, 0.1) is 5.69 Å². The Hall–Kier alpha value is -3.57. The topological polar surface area (TPSA) is 91.1 Å². The van der Waals surface area contributed by atoms with Crippen LogP contribution in [-0.2, 0) is 0 Å². The standard InChI is InChI=1S/C26H27F3N4O4/c27-26(28,29)36-21-9-5-4-8-20(21)22-23(24(37-31-22)18-10-11-18)33(19-6-2-1-3-7-19)25(35)30-32-14-12-17(16-34)13-15-32/h1-9,17-18,34H,10-16H2,(H,30,35). The number of para-hydroxylation sites is 2. The van der Waals surface area contributed by atoms with Gasteiger partial charge in [-0.3, -0.25) is 10.3 Å². The maximum atomic E-state index is 13.8. The van der Waals surface area contributed by atoms with Crippen LogP contribution in [0.2, 0.25) is 0 Å². The third-order valence-corrected chi connectivity index (χ3v) is 6.58. The SMILES string of the molecule is O=C(NN1CCC(CO)CC1)N(c1ccccc1)c1c(-c2ccccc2OC(F)(F)F)noc1C1CC1. The number of carbonyl (C=O) groups is 1. The number of alkyl halides is 3. The number of rotatable bonds is 7. The molecule has 3 aromatic rings. The Morgan fingerprint density at radius 3 is 2.41 bits per heavy atom. The summed E-state index contributed by atoms with van der Waals surface area (Å²) in [5.41, 5.74) is 3.86. The average Bonchev–Trinajstić information content (AvgIpc) is 3.64. The van der Waals surface area contributed by atoms with E-state index in [1.54, 1.807) is 35.3 Å². The highest BCUT2D eigenvalue weighted by Crippen LogP contribution is 2.50. The molecule has 2 aromatic carbocycles. The predicted octanol–water partition coefficient (Wildman–Crippen LogP) is 5.58. The summed E-state index contributed by atoms with van der Waals surface area (Å²) in [5.74, 6) is 0.196. The van der Waals surface area contributed by atoms with Gasteiger partial charge in [-0.05, 0) is 55.9 Å². The lowest BCUT2D eigenvalue weighted by molar-refractivity contribution is -0.274. The fourth-order valence-corrected chi connectivity index (χ4v) is 4.52. The smallest absolute Gasteiger partial charge is 0.405 e. The molecule has 0 atom stereocenters. The third kappa shape index (κ3) is 5.72. The molecule has 0 bridgehead atoms. The molecule has 2 fully saturated rings. The lowest BCUT2D eigenvalue weighted by Gasteiger charge is -2.33. The number of halogens is 3. The van der Waals surface area contributed by atoms with Crippen molar-refractivity contribution in [3.63, 3.8) is 0 Å². The van der Waals surface area contributed by atoms with Crippen molar-refractivity contribution in [3.05, 3.63) is 60.4 Å². The van der Waals surface area contributed by atoms with Gasteiger partial charge in [-0.15, -0.1) is 13.2 Å². The lowest BCUT2D eigenvalue weighted by atomic mass is 9.99. The molecule has 0 radical (unpaired) electrons. The number of carbonyl (C=O) groups excluding carboxylic acids is 1. The Balaban J connectivity index is 1.57. The van der Waals surface area contributed by atoms with Crippen molar-refractivity contribution < 1.29 is 32.3 Å². The second-order valence-corrected chi connectivity index (χ2v) is 9.26. The highest BCUT2D eigenvalue weighted by molar-refractivity contribution is 6.03. The van der Waals surface area contributed by atoms with Gasteiger partial charge in [-0.2, -0.15) is 0 Å². The fourth-order valence-electron chi connectivity index (χ4n) is 4.52. The van der Waals surface area contributed by atoms with E-state index in [0.29, 0.717) is 24.5 Å². The maximum absolute atomic E-state index is 13.8. The van der Waals surface area contributed by atoms with Gasteiger partial charge in [0.2, 0.25) is 0 Å². The maximum Gasteiger partial charge on any atom is 0.573 e. The van der Waals surface area contributed by atoms with Gasteiger partial charge >= 0.3 is 12.4 Å². The summed E-state index contributed by atoms with van der Waals surface area (Å²) >= 11 is 0. The van der Waals surface area contributed by atoms with E-state index >= 15 is 0 Å². The molecule has 0 unspecified atom stereocenters. The molecular formula is C26H27F3N4O4. The minimum atomic E-state index is -4.91. The molecule has 2 amide bonds. The van der Waals surface area contributed by atoms with Crippen LogP contribution in [0.25, 0.3) is 11.3 Å². The highest BCUT2D eigenvalue weighted by atomic mass is 19.4. The molecule has 0 spiro atoms. The predicted molar refractivity (Wildman–Crippen MR) is 129 cm³/mol. The lowest BCUT2D eigenvalue weighted by Crippen LogP contribution is -2.51. The number of anilines is 2. The van der Waals surface area contributed by atoms with Crippen molar-refractivity contribution in [2.24, 2.45) is 5.92 Å². The summed E-state index contributed by atoms with van der Waals surface area (Å²) in [6.07, 6.45) is -1.80. The van der Waals surface area contributed by atoms with Crippen molar-refractivity contribution in [2.75, 3.05) is 24.6 Å². The van der Waals surface area contributed by atoms with E-state index in [4.69, 9.17) is 4.52 Å². The number of aliphatic hydroxyl groups is 1. The molecule has 1 saturated heterocycles. The zero-order chi connectivity index (χ0) is 26.0. The summed E-state index contributed by atoms with van der Waals surface area (Å²) in [7, 11) is 0. The van der Waals surface area contributed by atoms with Crippen LogP contribution in [0.3, 0.4) is 0 Å². The van der Waals surface area contributed by atoms with Crippen molar-refractivity contribution in [1.29, 1.82) is 0 Å². The van der Waals surface area contributed by atoms with E-state index in [1.807, 2.05) is 6.07 Å². The number of hydrogen-bond acceptors (Lipinski definition) is 6. The van der Waals surface area contributed by atoms with Gasteiger partial charge in [0.1, 0.15) is 17.1 Å². The van der Waals surface area contributed by atoms with E-state index < -0.39 is 18.1 Å². The number of nitrogens with one attached hydrogen (secondary N) is 1. The molecular weight excluding hydrogens is 489 g/mol. The molecule has 1 aliphatic heterocycles. The van der Waals surface area contributed by atoms with Crippen molar-refractivity contribution in [3.8, 4) is 17.0 Å². The number of aliphatic hydroxyl groups excluding tert-OH is 1. The highest BCUT2D eigenvalue weighted by Gasteiger charge is 2.39. The van der Waals surface area contributed by atoms with Crippen LogP contribution in [-0.4, -0.2) is 47.4 Å². The van der Waals surface area contributed by atoms with E-state index in [-0.39, 0.29) is 35.4 Å². The number of amides is 2.